The number of carbonyl (C=O) groups excluding carboxylic acids is 3. The Balaban J connectivity index is 5.17. The Bertz CT molecular complexity index is 412. The van der Waals surface area contributed by atoms with E-state index in [0.717, 1.165) is 0 Å². The molecule has 134 valence electrons. The van der Waals surface area contributed by atoms with E-state index < -0.39 is 29.9 Å². The van der Waals surface area contributed by atoms with Gasteiger partial charge in [-0.05, 0) is 24.7 Å². The first-order chi connectivity index (χ1) is 10.6. The predicted molar refractivity (Wildman–Crippen MR) is 84.3 cm³/mol. The molecule has 0 aromatic rings. The third-order valence-electron chi connectivity index (χ3n) is 3.41. The van der Waals surface area contributed by atoms with E-state index in [4.69, 9.17) is 5.21 Å². The van der Waals surface area contributed by atoms with Gasteiger partial charge in [-0.3, -0.25) is 19.6 Å². The molecule has 0 aliphatic rings. The summed E-state index contributed by atoms with van der Waals surface area (Å²) in [6, 6.07) is -0.744. The van der Waals surface area contributed by atoms with Crippen molar-refractivity contribution in [2.45, 2.75) is 52.7 Å². The summed E-state index contributed by atoms with van der Waals surface area (Å²) in [5, 5.41) is 23.7. The van der Waals surface area contributed by atoms with Gasteiger partial charge in [0.2, 0.25) is 11.8 Å². The predicted octanol–water partition coefficient (Wildman–Crippen LogP) is -0.208. The van der Waals surface area contributed by atoms with Crippen molar-refractivity contribution in [2.75, 3.05) is 7.05 Å². The lowest BCUT2D eigenvalue weighted by Crippen LogP contribution is -2.52. The molecule has 0 radical (unpaired) electrons. The number of rotatable bonds is 9. The summed E-state index contributed by atoms with van der Waals surface area (Å²) in [6.07, 6.45) is -1.02. The SMILES string of the molecule is CNC(=O)[C@H](CC(C)C)NC(=O)[C@H](CC(C)C)[C@H](O)C(=O)NO. The van der Waals surface area contributed by atoms with Crippen LogP contribution in [-0.2, 0) is 14.4 Å². The number of hydrogen-bond donors (Lipinski definition) is 5. The Hall–Kier alpha value is -1.67. The monoisotopic (exact) mass is 331 g/mol. The normalized spacial score (nSPS) is 15.0. The first-order valence-electron chi connectivity index (χ1n) is 7.77. The maximum absolute atomic E-state index is 12.4. The molecule has 0 fully saturated rings. The van der Waals surface area contributed by atoms with Crippen LogP contribution in [0.5, 0.6) is 0 Å². The lowest BCUT2D eigenvalue weighted by molar-refractivity contribution is -0.147. The fraction of sp³-hybridized carbons (Fsp3) is 0.800. The maximum atomic E-state index is 12.4. The number of aliphatic hydroxyl groups is 1. The summed E-state index contributed by atoms with van der Waals surface area (Å²) in [5.41, 5.74) is 1.34. The average molecular weight is 331 g/mol. The van der Waals surface area contributed by atoms with Crippen LogP contribution in [0.15, 0.2) is 0 Å². The van der Waals surface area contributed by atoms with Crippen LogP contribution in [0.2, 0.25) is 0 Å². The number of hydroxylamine groups is 1. The molecule has 0 heterocycles. The van der Waals surface area contributed by atoms with Crippen molar-refractivity contribution < 1.29 is 24.7 Å². The van der Waals surface area contributed by atoms with Crippen molar-refractivity contribution >= 4 is 17.7 Å². The summed E-state index contributed by atoms with van der Waals surface area (Å²) < 4.78 is 0. The molecule has 3 atom stereocenters. The first-order valence-corrected chi connectivity index (χ1v) is 7.77. The van der Waals surface area contributed by atoms with E-state index in [1.807, 2.05) is 27.7 Å². The zero-order valence-electron chi connectivity index (χ0n) is 14.4. The third kappa shape index (κ3) is 7.43. The van der Waals surface area contributed by atoms with Crippen LogP contribution < -0.4 is 16.1 Å². The second-order valence-corrected chi connectivity index (χ2v) is 6.46. The maximum Gasteiger partial charge on any atom is 0.272 e. The Labute approximate surface area is 137 Å². The van der Waals surface area contributed by atoms with Crippen molar-refractivity contribution in [3.8, 4) is 0 Å². The van der Waals surface area contributed by atoms with Gasteiger partial charge in [0.25, 0.3) is 5.91 Å². The Morgan fingerprint density at radius 3 is 1.83 bits per heavy atom. The summed E-state index contributed by atoms with van der Waals surface area (Å²) in [7, 11) is 1.47. The fourth-order valence-electron chi connectivity index (χ4n) is 2.29. The zero-order valence-corrected chi connectivity index (χ0v) is 14.4. The minimum Gasteiger partial charge on any atom is -0.382 e. The number of nitrogens with one attached hydrogen (secondary N) is 3. The Morgan fingerprint density at radius 1 is 0.913 bits per heavy atom. The van der Waals surface area contributed by atoms with E-state index in [2.05, 4.69) is 10.6 Å². The summed E-state index contributed by atoms with van der Waals surface area (Å²) in [5.74, 6) is -2.82. The van der Waals surface area contributed by atoms with Crippen molar-refractivity contribution in [3.05, 3.63) is 0 Å². The molecule has 0 unspecified atom stereocenters. The van der Waals surface area contributed by atoms with Crippen LogP contribution in [-0.4, -0.2) is 47.2 Å². The van der Waals surface area contributed by atoms with Crippen LogP contribution >= 0.6 is 0 Å². The lowest BCUT2D eigenvalue weighted by atomic mass is 9.90. The quantitative estimate of drug-likeness (QED) is 0.295. The molecule has 0 aromatic heterocycles. The number of amides is 3. The smallest absolute Gasteiger partial charge is 0.272 e. The molecule has 0 bridgehead atoms. The minimum absolute atomic E-state index is 0.0374. The molecule has 5 N–H and O–H groups in total. The van der Waals surface area contributed by atoms with Crippen LogP contribution in [0.3, 0.4) is 0 Å². The highest BCUT2D eigenvalue weighted by Crippen LogP contribution is 2.17. The van der Waals surface area contributed by atoms with Gasteiger partial charge in [-0.25, -0.2) is 5.48 Å². The topological polar surface area (TPSA) is 128 Å². The molecule has 3 amide bonds. The molecule has 0 aromatic carbocycles. The van der Waals surface area contributed by atoms with E-state index in [9.17, 15) is 19.5 Å². The molecular weight excluding hydrogens is 302 g/mol. The number of carbonyl (C=O) groups is 3. The van der Waals surface area contributed by atoms with Crippen molar-refractivity contribution in [1.29, 1.82) is 0 Å². The van der Waals surface area contributed by atoms with Crippen LogP contribution in [0.4, 0.5) is 0 Å². The van der Waals surface area contributed by atoms with Gasteiger partial charge in [0.15, 0.2) is 0 Å². The number of hydrogen-bond acceptors (Lipinski definition) is 5. The Kier molecular flexibility index (Phi) is 9.43. The molecule has 8 heteroatoms. The molecule has 0 aliphatic heterocycles. The zero-order chi connectivity index (χ0) is 18.2. The number of likely N-dealkylation sites (N-methyl/N-ethyl adjacent to an activating group) is 1. The second kappa shape index (κ2) is 10.2. The highest BCUT2D eigenvalue weighted by Gasteiger charge is 2.34. The van der Waals surface area contributed by atoms with E-state index >= 15 is 0 Å². The Morgan fingerprint density at radius 2 is 1.43 bits per heavy atom. The molecular formula is C15H29N3O5. The third-order valence-corrected chi connectivity index (χ3v) is 3.41. The largest absolute Gasteiger partial charge is 0.382 e. The van der Waals surface area contributed by atoms with Gasteiger partial charge >= 0.3 is 0 Å². The average Bonchev–Trinajstić information content (AvgIpc) is 2.48. The van der Waals surface area contributed by atoms with Crippen molar-refractivity contribution in [3.63, 3.8) is 0 Å². The first kappa shape index (κ1) is 21.3. The van der Waals surface area contributed by atoms with Gasteiger partial charge in [-0.1, -0.05) is 27.7 Å². The summed E-state index contributed by atoms with van der Waals surface area (Å²) in [6.45, 7) is 7.52. The molecule has 8 nitrogen and oxygen atoms in total. The summed E-state index contributed by atoms with van der Waals surface area (Å²) in [4.78, 5) is 35.7. The van der Waals surface area contributed by atoms with E-state index in [-0.39, 0.29) is 24.2 Å². The van der Waals surface area contributed by atoms with Crippen molar-refractivity contribution in [1.82, 2.24) is 16.1 Å². The standard InChI is InChI=1S/C15H29N3O5/c1-8(2)6-10(12(19)15(22)18-23)13(20)17-11(7-9(3)4)14(21)16-5/h8-12,19,23H,6-7H2,1-5H3,(H,16,21)(H,17,20)(H,18,22)/t10-,11+,12+/m1/s1. The molecule has 0 saturated heterocycles. The van der Waals surface area contributed by atoms with E-state index in [0.29, 0.717) is 6.42 Å². The van der Waals surface area contributed by atoms with Crippen LogP contribution in [0.25, 0.3) is 0 Å². The van der Waals surface area contributed by atoms with Gasteiger partial charge in [-0.2, -0.15) is 0 Å². The van der Waals surface area contributed by atoms with Crippen LogP contribution in [0.1, 0.15) is 40.5 Å². The summed E-state index contributed by atoms with van der Waals surface area (Å²) >= 11 is 0. The molecule has 0 spiro atoms. The highest BCUT2D eigenvalue weighted by molar-refractivity contribution is 5.92. The van der Waals surface area contributed by atoms with Gasteiger partial charge in [0.05, 0.1) is 5.92 Å². The molecule has 23 heavy (non-hydrogen) atoms. The van der Waals surface area contributed by atoms with E-state index in [1.165, 1.54) is 12.5 Å². The lowest BCUT2D eigenvalue weighted by Gasteiger charge is -2.26. The molecule has 0 rings (SSSR count). The van der Waals surface area contributed by atoms with Gasteiger partial charge in [0, 0.05) is 7.05 Å². The van der Waals surface area contributed by atoms with Gasteiger partial charge in [0.1, 0.15) is 12.1 Å². The van der Waals surface area contributed by atoms with Gasteiger partial charge in [-0.15, -0.1) is 0 Å². The number of aliphatic hydroxyl groups excluding tert-OH is 1. The van der Waals surface area contributed by atoms with E-state index in [1.54, 1.807) is 0 Å². The second-order valence-electron chi connectivity index (χ2n) is 6.46. The highest BCUT2D eigenvalue weighted by atomic mass is 16.5. The van der Waals surface area contributed by atoms with Crippen LogP contribution in [0, 0.1) is 17.8 Å². The van der Waals surface area contributed by atoms with Crippen molar-refractivity contribution in [2.24, 2.45) is 17.8 Å². The molecule has 0 aliphatic carbocycles. The minimum atomic E-state index is -1.69. The molecule has 0 saturated carbocycles. The fourth-order valence-corrected chi connectivity index (χ4v) is 2.29. The van der Waals surface area contributed by atoms with Gasteiger partial charge < -0.3 is 15.7 Å².